The molecular formula is C25H25N3O4. The van der Waals surface area contributed by atoms with E-state index in [1.54, 1.807) is 11.8 Å². The van der Waals surface area contributed by atoms with Crippen LogP contribution >= 0.6 is 0 Å². The van der Waals surface area contributed by atoms with E-state index in [1.165, 1.54) is 22.3 Å². The summed E-state index contributed by atoms with van der Waals surface area (Å²) in [7, 11) is 0. The van der Waals surface area contributed by atoms with Crippen molar-refractivity contribution in [2.45, 2.75) is 31.6 Å². The molecule has 0 bridgehead atoms. The largest absolute Gasteiger partial charge is 0.476 e. The summed E-state index contributed by atoms with van der Waals surface area (Å²) in [5.41, 5.74) is 5.44. The molecule has 7 heteroatoms. The molecule has 5 rings (SSSR count). The Kier molecular flexibility index (Phi) is 5.17. The van der Waals surface area contributed by atoms with Crippen LogP contribution in [0.15, 0.2) is 48.5 Å². The number of aromatic nitrogens is 2. The third kappa shape index (κ3) is 3.53. The van der Waals surface area contributed by atoms with E-state index in [2.05, 4.69) is 34.2 Å². The van der Waals surface area contributed by atoms with Crippen molar-refractivity contribution in [2.24, 2.45) is 0 Å². The van der Waals surface area contributed by atoms with Gasteiger partial charge >= 0.3 is 12.1 Å². The van der Waals surface area contributed by atoms with E-state index in [9.17, 15) is 14.7 Å². The van der Waals surface area contributed by atoms with Gasteiger partial charge in [0.2, 0.25) is 0 Å². The van der Waals surface area contributed by atoms with Crippen LogP contribution in [0.3, 0.4) is 0 Å². The predicted octanol–water partition coefficient (Wildman–Crippen LogP) is 4.54. The number of hydrogen-bond donors (Lipinski definition) is 2. The number of nitrogens with one attached hydrogen (secondary N) is 1. The number of rotatable bonds is 4. The highest BCUT2D eigenvalue weighted by Gasteiger charge is 2.31. The summed E-state index contributed by atoms with van der Waals surface area (Å²) >= 11 is 0. The molecule has 2 heterocycles. The van der Waals surface area contributed by atoms with Crippen LogP contribution in [-0.4, -0.2) is 51.7 Å². The third-order valence-corrected chi connectivity index (χ3v) is 6.58. The lowest BCUT2D eigenvalue weighted by Gasteiger charge is -2.30. The van der Waals surface area contributed by atoms with Crippen LogP contribution in [0.4, 0.5) is 4.79 Å². The van der Waals surface area contributed by atoms with Gasteiger partial charge in [-0.25, -0.2) is 14.6 Å². The van der Waals surface area contributed by atoms with Crippen molar-refractivity contribution in [1.82, 2.24) is 14.9 Å². The number of aromatic amines is 1. The van der Waals surface area contributed by atoms with E-state index in [0.717, 1.165) is 12.8 Å². The SMILES string of the molecule is Cc1[nH]c(C2CCN(C(=O)OCC3c4ccccc4-c4ccccc43)CC2)nc1C(=O)O. The Labute approximate surface area is 186 Å². The van der Waals surface area contributed by atoms with Crippen LogP contribution in [-0.2, 0) is 4.74 Å². The molecule has 1 aromatic heterocycles. The van der Waals surface area contributed by atoms with E-state index < -0.39 is 5.97 Å². The molecule has 0 spiro atoms. The number of carboxylic acid groups (broad SMARTS) is 1. The molecule has 1 aliphatic heterocycles. The monoisotopic (exact) mass is 431 g/mol. The fraction of sp³-hybridized carbons (Fsp3) is 0.320. The highest BCUT2D eigenvalue weighted by molar-refractivity contribution is 5.86. The molecule has 32 heavy (non-hydrogen) atoms. The van der Waals surface area contributed by atoms with Gasteiger partial charge in [0.25, 0.3) is 0 Å². The average Bonchev–Trinajstić information content (AvgIpc) is 3.36. The second-order valence-electron chi connectivity index (χ2n) is 8.47. The first-order valence-electron chi connectivity index (χ1n) is 10.9. The highest BCUT2D eigenvalue weighted by Crippen LogP contribution is 2.44. The molecule has 0 saturated carbocycles. The Balaban J connectivity index is 1.21. The summed E-state index contributed by atoms with van der Waals surface area (Å²) < 4.78 is 5.76. The Hall–Kier alpha value is -3.61. The van der Waals surface area contributed by atoms with Crippen molar-refractivity contribution < 1.29 is 19.4 Å². The fourth-order valence-corrected chi connectivity index (χ4v) is 4.91. The van der Waals surface area contributed by atoms with Gasteiger partial charge in [-0.1, -0.05) is 48.5 Å². The first-order valence-corrected chi connectivity index (χ1v) is 10.9. The number of benzene rings is 2. The maximum absolute atomic E-state index is 12.8. The van der Waals surface area contributed by atoms with Gasteiger partial charge in [0, 0.05) is 30.6 Å². The first kappa shape index (κ1) is 20.3. The Morgan fingerprint density at radius 1 is 1.06 bits per heavy atom. The quantitative estimate of drug-likeness (QED) is 0.632. The van der Waals surface area contributed by atoms with Gasteiger partial charge in [-0.2, -0.15) is 0 Å². The van der Waals surface area contributed by atoms with Gasteiger partial charge in [-0.05, 0) is 42.0 Å². The lowest BCUT2D eigenvalue weighted by atomic mass is 9.96. The van der Waals surface area contributed by atoms with Crippen LogP contribution in [0.1, 0.15) is 57.8 Å². The Bertz CT molecular complexity index is 1130. The molecule has 2 aromatic carbocycles. The number of carbonyl (C=O) groups is 2. The van der Waals surface area contributed by atoms with Gasteiger partial charge in [-0.3, -0.25) is 0 Å². The van der Waals surface area contributed by atoms with Crippen LogP contribution in [0.5, 0.6) is 0 Å². The molecule has 0 radical (unpaired) electrons. The number of aryl methyl sites for hydroxylation is 1. The number of carbonyl (C=O) groups excluding carboxylic acids is 1. The maximum Gasteiger partial charge on any atom is 0.409 e. The molecule has 2 aliphatic rings. The zero-order chi connectivity index (χ0) is 22.2. The minimum Gasteiger partial charge on any atom is -0.476 e. The van der Waals surface area contributed by atoms with E-state index >= 15 is 0 Å². The van der Waals surface area contributed by atoms with Crippen LogP contribution in [0.2, 0.25) is 0 Å². The summed E-state index contributed by atoms with van der Waals surface area (Å²) in [5, 5.41) is 9.21. The van der Waals surface area contributed by atoms with Gasteiger partial charge < -0.3 is 19.7 Å². The molecule has 1 amide bonds. The third-order valence-electron chi connectivity index (χ3n) is 6.58. The number of aromatic carboxylic acids is 1. The maximum atomic E-state index is 12.8. The lowest BCUT2D eigenvalue weighted by Crippen LogP contribution is -2.39. The molecular weight excluding hydrogens is 406 g/mol. The molecule has 2 N–H and O–H groups in total. The van der Waals surface area contributed by atoms with E-state index in [0.29, 0.717) is 31.2 Å². The number of carboxylic acids is 1. The number of ether oxygens (including phenoxy) is 1. The Morgan fingerprint density at radius 3 is 2.22 bits per heavy atom. The van der Waals surface area contributed by atoms with Crippen LogP contribution in [0, 0.1) is 6.92 Å². The van der Waals surface area contributed by atoms with Crippen molar-refractivity contribution in [1.29, 1.82) is 0 Å². The van der Waals surface area contributed by atoms with Crippen LogP contribution in [0.25, 0.3) is 11.1 Å². The van der Waals surface area contributed by atoms with Crippen molar-refractivity contribution in [3.05, 3.63) is 76.9 Å². The van der Waals surface area contributed by atoms with Gasteiger partial charge in [0.05, 0.1) is 0 Å². The van der Waals surface area contributed by atoms with Gasteiger partial charge in [0.15, 0.2) is 5.69 Å². The predicted molar refractivity (Wildman–Crippen MR) is 119 cm³/mol. The summed E-state index contributed by atoms with van der Waals surface area (Å²) in [6, 6.07) is 16.6. The molecule has 1 saturated heterocycles. The first-order chi connectivity index (χ1) is 15.5. The number of imidazole rings is 1. The molecule has 1 aliphatic carbocycles. The number of hydrogen-bond acceptors (Lipinski definition) is 4. The second kappa shape index (κ2) is 8.15. The summed E-state index contributed by atoms with van der Waals surface area (Å²) in [4.78, 5) is 33.1. The van der Waals surface area contributed by atoms with Gasteiger partial charge in [0.1, 0.15) is 12.4 Å². The minimum absolute atomic E-state index is 0.0458. The highest BCUT2D eigenvalue weighted by atomic mass is 16.6. The number of nitrogens with zero attached hydrogens (tertiary/aromatic N) is 2. The van der Waals surface area contributed by atoms with E-state index in [4.69, 9.17) is 4.74 Å². The summed E-state index contributed by atoms with van der Waals surface area (Å²) in [6.45, 7) is 3.14. The van der Waals surface area contributed by atoms with Crippen molar-refractivity contribution in [2.75, 3.05) is 19.7 Å². The zero-order valence-electron chi connectivity index (χ0n) is 17.9. The molecule has 0 atom stereocenters. The van der Waals surface area contributed by atoms with Gasteiger partial charge in [-0.15, -0.1) is 0 Å². The molecule has 3 aromatic rings. The normalized spacial score (nSPS) is 16.0. The van der Waals surface area contributed by atoms with E-state index in [-0.39, 0.29) is 23.6 Å². The number of amides is 1. The standard InChI is InChI=1S/C25H25N3O4/c1-15-22(24(29)30)27-23(26-15)16-10-12-28(13-11-16)25(31)32-14-21-19-8-4-2-6-17(19)18-7-3-5-9-20(18)21/h2-9,16,21H,10-14H2,1H3,(H,26,27)(H,29,30). The average molecular weight is 431 g/mol. The second-order valence-corrected chi connectivity index (χ2v) is 8.47. The summed E-state index contributed by atoms with van der Waals surface area (Å²) in [5.74, 6) is -0.183. The number of likely N-dealkylation sites (tertiary alicyclic amines) is 1. The molecule has 0 unspecified atom stereocenters. The lowest BCUT2D eigenvalue weighted by molar-refractivity contribution is 0.0690. The van der Waals surface area contributed by atoms with Crippen molar-refractivity contribution in [3.8, 4) is 11.1 Å². The fourth-order valence-electron chi connectivity index (χ4n) is 4.91. The minimum atomic E-state index is -1.03. The molecule has 164 valence electrons. The smallest absolute Gasteiger partial charge is 0.409 e. The number of H-pyrrole nitrogens is 1. The Morgan fingerprint density at radius 2 is 1.66 bits per heavy atom. The summed E-state index contributed by atoms with van der Waals surface area (Å²) in [6.07, 6.45) is 1.14. The van der Waals surface area contributed by atoms with Crippen molar-refractivity contribution >= 4 is 12.1 Å². The topological polar surface area (TPSA) is 95.5 Å². The molecule has 1 fully saturated rings. The zero-order valence-corrected chi connectivity index (χ0v) is 17.9. The number of piperidine rings is 1. The van der Waals surface area contributed by atoms with Crippen LogP contribution < -0.4 is 0 Å². The van der Waals surface area contributed by atoms with Crippen molar-refractivity contribution in [3.63, 3.8) is 0 Å². The van der Waals surface area contributed by atoms with E-state index in [1.807, 2.05) is 24.3 Å². The molecule has 7 nitrogen and oxygen atoms in total. The number of fused-ring (bicyclic) bond motifs is 3.